The minimum absolute atomic E-state index is 0.00639. The Hall–Kier alpha value is -3.06. The highest BCUT2D eigenvalue weighted by Crippen LogP contribution is 2.40. The first-order chi connectivity index (χ1) is 14.0. The molecule has 1 fully saturated rings. The number of ketones is 1. The number of hydrogen-bond donors (Lipinski definition) is 1. The van der Waals surface area contributed by atoms with Crippen LogP contribution in [0.25, 0.3) is 5.76 Å². The van der Waals surface area contributed by atoms with E-state index in [2.05, 4.69) is 0 Å². The van der Waals surface area contributed by atoms with E-state index in [1.807, 2.05) is 6.92 Å². The zero-order valence-electron chi connectivity index (χ0n) is 16.8. The van der Waals surface area contributed by atoms with Crippen LogP contribution >= 0.6 is 0 Å². The molecule has 2 heterocycles. The van der Waals surface area contributed by atoms with Gasteiger partial charge in [-0.2, -0.15) is 0 Å². The molecule has 7 nitrogen and oxygen atoms in total. The molecule has 0 radical (unpaired) electrons. The summed E-state index contributed by atoms with van der Waals surface area (Å²) in [6, 6.07) is 9.47. The van der Waals surface area contributed by atoms with E-state index in [9.17, 15) is 14.7 Å². The van der Waals surface area contributed by atoms with Crippen LogP contribution in [-0.4, -0.2) is 48.6 Å². The molecule has 0 aliphatic carbocycles. The number of Topliss-reactive ketones (excluding diaryl/α,β-unsaturated/α-hetero) is 1. The lowest BCUT2D eigenvalue weighted by molar-refractivity contribution is -0.140. The summed E-state index contributed by atoms with van der Waals surface area (Å²) in [6.45, 7) is 4.76. The lowest BCUT2D eigenvalue weighted by atomic mass is 9.99. The van der Waals surface area contributed by atoms with Crippen LogP contribution in [0.5, 0.6) is 5.75 Å². The number of ether oxygens (including phenoxy) is 2. The Morgan fingerprint density at radius 1 is 1.21 bits per heavy atom. The topological polar surface area (TPSA) is 89.2 Å². The SMILES string of the molecule is CCCOc1cccc(/C(O)=C2/C(=O)C(=O)N(CCOC)C2c2ccc(C)o2)c1. The maximum atomic E-state index is 12.8. The van der Waals surface area contributed by atoms with Crippen LogP contribution in [-0.2, 0) is 14.3 Å². The summed E-state index contributed by atoms with van der Waals surface area (Å²) in [7, 11) is 1.52. The van der Waals surface area contributed by atoms with E-state index < -0.39 is 17.7 Å². The van der Waals surface area contributed by atoms with Gasteiger partial charge in [-0.25, -0.2) is 0 Å². The summed E-state index contributed by atoms with van der Waals surface area (Å²) in [5.41, 5.74) is 0.393. The third-order valence-corrected chi connectivity index (χ3v) is 4.69. The summed E-state index contributed by atoms with van der Waals surface area (Å²) >= 11 is 0. The molecule has 29 heavy (non-hydrogen) atoms. The predicted octanol–water partition coefficient (Wildman–Crippen LogP) is 3.44. The summed E-state index contributed by atoms with van der Waals surface area (Å²) in [4.78, 5) is 26.9. The average Bonchev–Trinajstić information content (AvgIpc) is 3.26. The van der Waals surface area contributed by atoms with Crippen molar-refractivity contribution in [3.8, 4) is 5.75 Å². The van der Waals surface area contributed by atoms with E-state index >= 15 is 0 Å². The molecule has 1 unspecified atom stereocenters. The molecule has 1 aromatic heterocycles. The number of methoxy groups -OCH3 is 1. The Balaban J connectivity index is 2.08. The normalized spacial score (nSPS) is 18.4. The van der Waals surface area contributed by atoms with Crippen molar-refractivity contribution in [2.75, 3.05) is 26.9 Å². The number of carbonyl (C=O) groups excluding carboxylic acids is 2. The number of carbonyl (C=O) groups is 2. The van der Waals surface area contributed by atoms with E-state index in [1.165, 1.54) is 12.0 Å². The van der Waals surface area contributed by atoms with E-state index in [0.29, 0.717) is 29.4 Å². The minimum Gasteiger partial charge on any atom is -0.507 e. The molecule has 3 rings (SSSR count). The Morgan fingerprint density at radius 2 is 2.00 bits per heavy atom. The highest BCUT2D eigenvalue weighted by atomic mass is 16.5. The van der Waals surface area contributed by atoms with E-state index in [-0.39, 0.29) is 24.5 Å². The van der Waals surface area contributed by atoms with Gasteiger partial charge in [-0.1, -0.05) is 19.1 Å². The van der Waals surface area contributed by atoms with Gasteiger partial charge >= 0.3 is 0 Å². The summed E-state index contributed by atoms with van der Waals surface area (Å²) < 4.78 is 16.4. The quantitative estimate of drug-likeness (QED) is 0.415. The molecular weight excluding hydrogens is 374 g/mol. The van der Waals surface area contributed by atoms with E-state index in [0.717, 1.165) is 6.42 Å². The molecule has 154 valence electrons. The zero-order valence-corrected chi connectivity index (χ0v) is 16.8. The van der Waals surface area contributed by atoms with Gasteiger partial charge in [0.25, 0.3) is 11.7 Å². The standard InChI is InChI=1S/C22H25NO6/c1-4-11-28-16-7-5-6-15(13-16)20(24)18-19(17-9-8-14(2)29-17)23(10-12-27-3)22(26)21(18)25/h5-9,13,19,24H,4,10-12H2,1-3H3/b20-18-. The Labute approximate surface area is 169 Å². The van der Waals surface area contributed by atoms with Crippen molar-refractivity contribution in [3.05, 3.63) is 59.1 Å². The van der Waals surface area contributed by atoms with Gasteiger partial charge in [0, 0.05) is 19.2 Å². The van der Waals surface area contributed by atoms with Crippen LogP contribution in [0, 0.1) is 6.92 Å². The first-order valence-electron chi connectivity index (χ1n) is 9.54. The number of nitrogens with zero attached hydrogens (tertiary/aromatic N) is 1. The van der Waals surface area contributed by atoms with E-state index in [1.54, 1.807) is 43.3 Å². The summed E-state index contributed by atoms with van der Waals surface area (Å²) in [5, 5.41) is 11.0. The van der Waals surface area contributed by atoms with Gasteiger partial charge < -0.3 is 23.9 Å². The van der Waals surface area contributed by atoms with Crippen molar-refractivity contribution < 1.29 is 28.6 Å². The lowest BCUT2D eigenvalue weighted by Crippen LogP contribution is -2.32. The number of aryl methyl sites for hydroxylation is 1. The van der Waals surface area contributed by atoms with E-state index in [4.69, 9.17) is 13.9 Å². The molecule has 7 heteroatoms. The van der Waals surface area contributed by atoms with Crippen LogP contribution in [0.15, 0.2) is 46.4 Å². The third-order valence-electron chi connectivity index (χ3n) is 4.69. The molecule has 0 bridgehead atoms. The van der Waals surface area contributed by atoms with Crippen LogP contribution in [0.3, 0.4) is 0 Å². The number of likely N-dealkylation sites (tertiary alicyclic amines) is 1. The van der Waals surface area contributed by atoms with Crippen molar-refractivity contribution in [3.63, 3.8) is 0 Å². The largest absolute Gasteiger partial charge is 0.507 e. The molecule has 0 saturated carbocycles. The van der Waals surface area contributed by atoms with Crippen molar-refractivity contribution in [1.29, 1.82) is 0 Å². The summed E-state index contributed by atoms with van der Waals surface area (Å²) in [6.07, 6.45) is 0.846. The second kappa shape index (κ2) is 8.96. The number of aliphatic hydroxyl groups is 1. The molecule has 1 aliphatic heterocycles. The molecule has 1 aromatic carbocycles. The molecular formula is C22H25NO6. The number of aliphatic hydroxyl groups excluding tert-OH is 1. The van der Waals surface area contributed by atoms with Crippen molar-refractivity contribution in [1.82, 2.24) is 4.90 Å². The van der Waals surface area contributed by atoms with Crippen LogP contribution < -0.4 is 4.74 Å². The monoisotopic (exact) mass is 399 g/mol. The van der Waals surface area contributed by atoms with Gasteiger partial charge in [0.1, 0.15) is 29.1 Å². The second-order valence-corrected chi connectivity index (χ2v) is 6.81. The van der Waals surface area contributed by atoms with Crippen molar-refractivity contribution in [2.45, 2.75) is 26.3 Å². The van der Waals surface area contributed by atoms with Gasteiger partial charge in [0.2, 0.25) is 0 Å². The zero-order chi connectivity index (χ0) is 21.0. The Bertz CT molecular complexity index is 929. The lowest BCUT2D eigenvalue weighted by Gasteiger charge is -2.22. The van der Waals surface area contributed by atoms with Crippen LogP contribution in [0.2, 0.25) is 0 Å². The maximum Gasteiger partial charge on any atom is 0.295 e. The fourth-order valence-corrected chi connectivity index (χ4v) is 3.31. The third kappa shape index (κ3) is 4.19. The smallest absolute Gasteiger partial charge is 0.295 e. The molecule has 1 atom stereocenters. The van der Waals surface area contributed by atoms with Gasteiger partial charge in [-0.3, -0.25) is 9.59 Å². The first kappa shape index (κ1) is 20.7. The van der Waals surface area contributed by atoms with Gasteiger partial charge in [-0.05, 0) is 37.6 Å². The van der Waals surface area contributed by atoms with Gasteiger partial charge in [0.15, 0.2) is 0 Å². The molecule has 1 amide bonds. The Kier molecular flexibility index (Phi) is 6.39. The molecule has 1 N–H and O–H groups in total. The highest BCUT2D eigenvalue weighted by molar-refractivity contribution is 6.46. The number of amides is 1. The van der Waals surface area contributed by atoms with Gasteiger partial charge in [-0.15, -0.1) is 0 Å². The molecule has 1 saturated heterocycles. The molecule has 1 aliphatic rings. The first-order valence-corrected chi connectivity index (χ1v) is 9.54. The molecule has 2 aromatic rings. The van der Waals surface area contributed by atoms with Crippen LogP contribution in [0.1, 0.15) is 36.5 Å². The minimum atomic E-state index is -0.820. The highest BCUT2D eigenvalue weighted by Gasteiger charge is 2.47. The number of furan rings is 1. The number of benzene rings is 1. The number of rotatable bonds is 8. The van der Waals surface area contributed by atoms with Crippen molar-refractivity contribution >= 4 is 17.4 Å². The van der Waals surface area contributed by atoms with Crippen LogP contribution in [0.4, 0.5) is 0 Å². The van der Waals surface area contributed by atoms with Crippen molar-refractivity contribution in [2.24, 2.45) is 0 Å². The predicted molar refractivity (Wildman–Crippen MR) is 107 cm³/mol. The second-order valence-electron chi connectivity index (χ2n) is 6.81. The fourth-order valence-electron chi connectivity index (χ4n) is 3.31. The number of hydrogen-bond acceptors (Lipinski definition) is 6. The summed E-state index contributed by atoms with van der Waals surface area (Å²) in [5.74, 6) is -0.0669. The maximum absolute atomic E-state index is 12.8. The Morgan fingerprint density at radius 3 is 2.66 bits per heavy atom. The average molecular weight is 399 g/mol. The fraction of sp³-hybridized carbons (Fsp3) is 0.364. The van der Waals surface area contributed by atoms with Gasteiger partial charge in [0.05, 0.1) is 18.8 Å². The molecule has 0 spiro atoms.